The summed E-state index contributed by atoms with van der Waals surface area (Å²) in [5, 5.41) is 12.2. The smallest absolute Gasteiger partial charge is 0.251 e. The number of nitrogens with one attached hydrogen (secondary N) is 1. The van der Waals surface area contributed by atoms with Gasteiger partial charge in [-0.05, 0) is 37.1 Å². The van der Waals surface area contributed by atoms with E-state index in [-0.39, 0.29) is 12.0 Å². The van der Waals surface area contributed by atoms with Gasteiger partial charge in [-0.25, -0.2) is 0 Å². The van der Waals surface area contributed by atoms with Crippen LogP contribution in [-0.4, -0.2) is 37.8 Å². The number of amides is 1. The topological polar surface area (TPSA) is 52.6 Å². The van der Waals surface area contributed by atoms with Crippen LogP contribution in [0.2, 0.25) is 0 Å². The van der Waals surface area contributed by atoms with Crippen molar-refractivity contribution in [1.29, 1.82) is 0 Å². The van der Waals surface area contributed by atoms with Gasteiger partial charge in [0.25, 0.3) is 5.91 Å². The molecule has 1 unspecified atom stereocenters. The number of carbonyl (C=O) groups excluding carboxylic acids is 1. The molecule has 1 rings (SSSR count). The van der Waals surface area contributed by atoms with Gasteiger partial charge in [0.1, 0.15) is 0 Å². The molecule has 0 saturated carbocycles. The third-order valence-electron chi connectivity index (χ3n) is 2.88. The number of anilines is 1. The van der Waals surface area contributed by atoms with E-state index in [1.54, 1.807) is 12.1 Å². The van der Waals surface area contributed by atoms with Crippen LogP contribution in [0, 0.1) is 0 Å². The fourth-order valence-corrected chi connectivity index (χ4v) is 1.57. The Kier molecular flexibility index (Phi) is 5.65. The summed E-state index contributed by atoms with van der Waals surface area (Å²) in [4.78, 5) is 13.8. The molecule has 1 amide bonds. The van der Waals surface area contributed by atoms with Crippen LogP contribution < -0.4 is 10.2 Å². The predicted molar refractivity (Wildman–Crippen MR) is 74.0 cm³/mol. The van der Waals surface area contributed by atoms with Crippen LogP contribution in [0.3, 0.4) is 0 Å². The highest BCUT2D eigenvalue weighted by molar-refractivity contribution is 5.94. The molecule has 0 aromatic heterocycles. The molecular weight excluding hydrogens is 228 g/mol. The SMILES string of the molecule is CCC(O)CCNC(=O)c1ccc(N(C)C)cc1. The lowest BCUT2D eigenvalue weighted by atomic mass is 10.1. The van der Waals surface area contributed by atoms with Gasteiger partial charge in [-0.3, -0.25) is 4.79 Å². The van der Waals surface area contributed by atoms with Crippen LogP contribution in [0.15, 0.2) is 24.3 Å². The minimum atomic E-state index is -0.332. The zero-order valence-electron chi connectivity index (χ0n) is 11.3. The molecule has 4 heteroatoms. The second kappa shape index (κ2) is 7.01. The van der Waals surface area contributed by atoms with E-state index in [0.29, 0.717) is 24.9 Å². The van der Waals surface area contributed by atoms with E-state index in [0.717, 1.165) is 5.69 Å². The number of hydrogen-bond acceptors (Lipinski definition) is 3. The Bertz CT molecular complexity index is 374. The van der Waals surface area contributed by atoms with Gasteiger partial charge in [0.2, 0.25) is 0 Å². The Labute approximate surface area is 109 Å². The fraction of sp³-hybridized carbons (Fsp3) is 0.500. The third-order valence-corrected chi connectivity index (χ3v) is 2.88. The van der Waals surface area contributed by atoms with Crippen molar-refractivity contribution in [3.8, 4) is 0 Å². The molecule has 18 heavy (non-hydrogen) atoms. The highest BCUT2D eigenvalue weighted by atomic mass is 16.3. The summed E-state index contributed by atoms with van der Waals surface area (Å²) in [6.07, 6.45) is 0.979. The first-order valence-corrected chi connectivity index (χ1v) is 6.28. The molecule has 0 heterocycles. The van der Waals surface area contributed by atoms with Crippen molar-refractivity contribution in [2.24, 2.45) is 0 Å². The van der Waals surface area contributed by atoms with Crippen molar-refractivity contribution in [2.75, 3.05) is 25.5 Å². The van der Waals surface area contributed by atoms with Crippen molar-refractivity contribution in [3.63, 3.8) is 0 Å². The largest absolute Gasteiger partial charge is 0.393 e. The molecule has 0 aliphatic carbocycles. The number of aliphatic hydroxyl groups is 1. The molecule has 0 radical (unpaired) electrons. The van der Waals surface area contributed by atoms with Gasteiger partial charge in [0.15, 0.2) is 0 Å². The molecule has 1 aromatic carbocycles. The van der Waals surface area contributed by atoms with Crippen molar-refractivity contribution in [2.45, 2.75) is 25.9 Å². The number of hydrogen-bond donors (Lipinski definition) is 2. The van der Waals surface area contributed by atoms with Gasteiger partial charge in [-0.15, -0.1) is 0 Å². The quantitative estimate of drug-likeness (QED) is 0.807. The molecule has 0 aliphatic rings. The lowest BCUT2D eigenvalue weighted by Crippen LogP contribution is -2.27. The number of nitrogens with zero attached hydrogens (tertiary/aromatic N) is 1. The van der Waals surface area contributed by atoms with Crippen LogP contribution >= 0.6 is 0 Å². The molecule has 2 N–H and O–H groups in total. The number of benzene rings is 1. The summed E-state index contributed by atoms with van der Waals surface area (Å²) >= 11 is 0. The van der Waals surface area contributed by atoms with E-state index >= 15 is 0 Å². The second-order valence-electron chi connectivity index (χ2n) is 4.55. The summed E-state index contributed by atoms with van der Waals surface area (Å²) in [6.45, 7) is 2.43. The molecule has 0 fully saturated rings. The Hall–Kier alpha value is -1.55. The van der Waals surface area contributed by atoms with Crippen molar-refractivity contribution < 1.29 is 9.90 Å². The first kappa shape index (κ1) is 14.5. The Morgan fingerprint density at radius 1 is 1.33 bits per heavy atom. The number of carbonyl (C=O) groups is 1. The average Bonchev–Trinajstić information content (AvgIpc) is 2.38. The number of aliphatic hydroxyl groups excluding tert-OH is 1. The summed E-state index contributed by atoms with van der Waals surface area (Å²) in [7, 11) is 3.92. The molecule has 1 atom stereocenters. The first-order chi connectivity index (χ1) is 8.54. The van der Waals surface area contributed by atoms with Gasteiger partial charge in [-0.1, -0.05) is 6.92 Å². The maximum atomic E-state index is 11.8. The van der Waals surface area contributed by atoms with Gasteiger partial charge in [-0.2, -0.15) is 0 Å². The van der Waals surface area contributed by atoms with E-state index in [9.17, 15) is 9.90 Å². The van der Waals surface area contributed by atoms with E-state index in [1.807, 2.05) is 38.1 Å². The second-order valence-corrected chi connectivity index (χ2v) is 4.55. The highest BCUT2D eigenvalue weighted by Gasteiger charge is 2.06. The van der Waals surface area contributed by atoms with Crippen molar-refractivity contribution >= 4 is 11.6 Å². The molecule has 0 saturated heterocycles. The standard InChI is InChI=1S/C14H22N2O2/c1-4-13(17)9-10-15-14(18)11-5-7-12(8-6-11)16(2)3/h5-8,13,17H,4,9-10H2,1-3H3,(H,15,18). The summed E-state index contributed by atoms with van der Waals surface area (Å²) in [5.74, 6) is -0.0939. The van der Waals surface area contributed by atoms with Gasteiger partial charge in [0, 0.05) is 31.9 Å². The van der Waals surface area contributed by atoms with E-state index in [4.69, 9.17) is 0 Å². The van der Waals surface area contributed by atoms with Crippen molar-refractivity contribution in [1.82, 2.24) is 5.32 Å². The zero-order valence-corrected chi connectivity index (χ0v) is 11.3. The zero-order chi connectivity index (χ0) is 13.5. The van der Waals surface area contributed by atoms with Gasteiger partial charge < -0.3 is 15.3 Å². The van der Waals surface area contributed by atoms with Crippen LogP contribution in [0.1, 0.15) is 30.1 Å². The fourth-order valence-electron chi connectivity index (χ4n) is 1.57. The molecule has 4 nitrogen and oxygen atoms in total. The lowest BCUT2D eigenvalue weighted by molar-refractivity contribution is 0.0942. The maximum Gasteiger partial charge on any atom is 0.251 e. The van der Waals surface area contributed by atoms with E-state index < -0.39 is 0 Å². The van der Waals surface area contributed by atoms with Crippen LogP contribution in [-0.2, 0) is 0 Å². The maximum absolute atomic E-state index is 11.8. The summed E-state index contributed by atoms with van der Waals surface area (Å²) in [6, 6.07) is 7.44. The normalized spacial score (nSPS) is 12.0. The molecule has 0 bridgehead atoms. The Morgan fingerprint density at radius 2 is 1.94 bits per heavy atom. The van der Waals surface area contributed by atoms with Crippen LogP contribution in [0.25, 0.3) is 0 Å². The summed E-state index contributed by atoms with van der Waals surface area (Å²) in [5.41, 5.74) is 1.71. The minimum Gasteiger partial charge on any atom is -0.393 e. The third kappa shape index (κ3) is 4.37. The Balaban J connectivity index is 2.46. The molecule has 0 spiro atoms. The molecule has 100 valence electrons. The van der Waals surface area contributed by atoms with Crippen molar-refractivity contribution in [3.05, 3.63) is 29.8 Å². The van der Waals surface area contributed by atoms with Crippen LogP contribution in [0.4, 0.5) is 5.69 Å². The average molecular weight is 250 g/mol. The monoisotopic (exact) mass is 250 g/mol. The minimum absolute atomic E-state index is 0.0939. The molecule has 1 aromatic rings. The molecule has 0 aliphatic heterocycles. The van der Waals surface area contributed by atoms with Gasteiger partial charge in [0.05, 0.1) is 6.10 Å². The number of rotatable bonds is 6. The Morgan fingerprint density at radius 3 is 2.44 bits per heavy atom. The lowest BCUT2D eigenvalue weighted by Gasteiger charge is -2.13. The first-order valence-electron chi connectivity index (χ1n) is 6.28. The van der Waals surface area contributed by atoms with Gasteiger partial charge >= 0.3 is 0 Å². The van der Waals surface area contributed by atoms with E-state index in [2.05, 4.69) is 5.32 Å². The predicted octanol–water partition coefficient (Wildman–Crippen LogP) is 1.64. The summed E-state index contributed by atoms with van der Waals surface area (Å²) < 4.78 is 0. The highest BCUT2D eigenvalue weighted by Crippen LogP contribution is 2.12. The molecular formula is C14H22N2O2. The van der Waals surface area contributed by atoms with E-state index in [1.165, 1.54) is 0 Å². The van der Waals surface area contributed by atoms with Crippen LogP contribution in [0.5, 0.6) is 0 Å².